The molecule has 0 spiro atoms. The number of hydrogen-bond donors (Lipinski definition) is 0. The van der Waals surface area contributed by atoms with Crippen LogP contribution in [-0.2, 0) is 28.6 Å². The molecule has 6 heteroatoms. The third kappa shape index (κ3) is 51.7. The Morgan fingerprint density at radius 2 is 0.600 bits per heavy atom. The van der Waals surface area contributed by atoms with Gasteiger partial charge in [0.1, 0.15) is 13.2 Å². The van der Waals surface area contributed by atoms with E-state index in [4.69, 9.17) is 14.2 Å². The summed E-state index contributed by atoms with van der Waals surface area (Å²) >= 11 is 0. The van der Waals surface area contributed by atoms with Crippen molar-refractivity contribution in [3.63, 3.8) is 0 Å². The summed E-state index contributed by atoms with van der Waals surface area (Å²) < 4.78 is 16.8. The fourth-order valence-electron chi connectivity index (χ4n) is 7.54. The maximum absolute atomic E-state index is 12.8. The summed E-state index contributed by atoms with van der Waals surface area (Å²) in [6, 6.07) is 0. The topological polar surface area (TPSA) is 78.9 Å². The van der Waals surface area contributed by atoms with Crippen molar-refractivity contribution in [3.05, 3.63) is 72.9 Å². The van der Waals surface area contributed by atoms with Crippen molar-refractivity contribution in [2.24, 2.45) is 0 Å². The Hall–Kier alpha value is -3.15. The monoisotopic (exact) mass is 907 g/mol. The van der Waals surface area contributed by atoms with E-state index in [-0.39, 0.29) is 31.1 Å². The van der Waals surface area contributed by atoms with E-state index in [1.54, 1.807) is 0 Å². The van der Waals surface area contributed by atoms with Gasteiger partial charge >= 0.3 is 17.9 Å². The molecule has 0 aromatic rings. The molecule has 0 saturated heterocycles. The molecule has 0 bridgehead atoms. The van der Waals surface area contributed by atoms with Gasteiger partial charge in [-0.2, -0.15) is 0 Å². The summed E-state index contributed by atoms with van der Waals surface area (Å²) in [6.45, 7) is 6.49. The molecule has 0 unspecified atom stereocenters. The van der Waals surface area contributed by atoms with E-state index in [0.717, 1.165) is 103 Å². The van der Waals surface area contributed by atoms with Crippen LogP contribution in [0, 0.1) is 0 Å². The molecule has 0 aromatic carbocycles. The summed E-state index contributed by atoms with van der Waals surface area (Å²) in [7, 11) is 0. The van der Waals surface area contributed by atoms with Crippen molar-refractivity contribution in [1.82, 2.24) is 0 Å². The van der Waals surface area contributed by atoms with E-state index in [2.05, 4.69) is 93.7 Å². The first-order valence-electron chi connectivity index (χ1n) is 27.4. The Morgan fingerprint density at radius 1 is 0.323 bits per heavy atom. The first-order valence-corrected chi connectivity index (χ1v) is 27.4. The van der Waals surface area contributed by atoms with Gasteiger partial charge in [-0.1, -0.05) is 209 Å². The van der Waals surface area contributed by atoms with Gasteiger partial charge < -0.3 is 14.2 Å². The van der Waals surface area contributed by atoms with Crippen LogP contribution in [0.5, 0.6) is 0 Å². The van der Waals surface area contributed by atoms with Crippen molar-refractivity contribution in [1.29, 1.82) is 0 Å². The predicted octanol–water partition coefficient (Wildman–Crippen LogP) is 18.2. The van der Waals surface area contributed by atoms with Crippen LogP contribution in [0.3, 0.4) is 0 Å². The van der Waals surface area contributed by atoms with Crippen molar-refractivity contribution in [2.75, 3.05) is 13.2 Å². The van der Waals surface area contributed by atoms with Crippen LogP contribution in [0.4, 0.5) is 0 Å². The number of unbranched alkanes of at least 4 members (excludes halogenated alkanes) is 26. The Labute approximate surface area is 402 Å². The second kappa shape index (κ2) is 53.5. The van der Waals surface area contributed by atoms with Gasteiger partial charge in [-0.05, 0) is 109 Å². The number of allylic oxidation sites excluding steroid dienone is 12. The molecule has 0 amide bonds. The quantitative estimate of drug-likeness (QED) is 0.0262. The first kappa shape index (κ1) is 61.9. The van der Waals surface area contributed by atoms with Crippen molar-refractivity contribution in [2.45, 2.75) is 271 Å². The Kier molecular flexibility index (Phi) is 50.9. The average Bonchev–Trinajstić information content (AvgIpc) is 3.30. The molecule has 0 aliphatic heterocycles. The molecule has 0 fully saturated rings. The van der Waals surface area contributed by atoms with Crippen LogP contribution in [0.2, 0.25) is 0 Å². The molecule has 1 atom stereocenters. The molecule has 0 N–H and O–H groups in total. The molecule has 0 aliphatic rings. The minimum absolute atomic E-state index is 0.0900. The molecule has 374 valence electrons. The van der Waals surface area contributed by atoms with Gasteiger partial charge in [-0.25, -0.2) is 0 Å². The normalized spacial score (nSPS) is 12.6. The largest absolute Gasteiger partial charge is 0.462 e. The molecule has 0 saturated carbocycles. The molecule has 0 heterocycles. The van der Waals surface area contributed by atoms with E-state index in [1.165, 1.54) is 122 Å². The van der Waals surface area contributed by atoms with E-state index in [1.807, 2.05) is 0 Å². The van der Waals surface area contributed by atoms with Gasteiger partial charge in [-0.15, -0.1) is 0 Å². The maximum atomic E-state index is 12.8. The van der Waals surface area contributed by atoms with Gasteiger partial charge in [0.05, 0.1) is 0 Å². The molecule has 0 radical (unpaired) electrons. The molecule has 0 aliphatic carbocycles. The Bertz CT molecular complexity index is 1230. The maximum Gasteiger partial charge on any atom is 0.306 e. The van der Waals surface area contributed by atoms with Crippen LogP contribution in [0.1, 0.15) is 265 Å². The first-order chi connectivity index (χ1) is 32.0. The molecule has 0 rings (SSSR count). The standard InChI is InChI=1S/C59H102O6/c1-4-7-10-13-16-19-22-25-28-29-32-35-38-41-44-47-50-53-59(62)65-56(54-63-57(60)51-48-45-42-39-36-33-30-26-23-20-17-14-11-8-5-2)55-64-58(61)52-49-46-43-40-37-34-31-27-24-21-18-15-12-9-6-3/h7,10,16,19-20,23,25,27-28,31-32,35,56H,4-6,8-9,11-15,17-18,21-22,24,26,29-30,33-34,36-55H2,1-3H3/b10-7-,19-16-,23-20-,28-25-,31-27-,35-32-/t56-/m0/s1. The molecule has 65 heavy (non-hydrogen) atoms. The number of carbonyl (C=O) groups is 3. The number of carbonyl (C=O) groups excluding carboxylic acids is 3. The Morgan fingerprint density at radius 3 is 0.969 bits per heavy atom. The van der Waals surface area contributed by atoms with Crippen molar-refractivity contribution >= 4 is 17.9 Å². The zero-order chi connectivity index (χ0) is 47.2. The minimum atomic E-state index is -0.793. The minimum Gasteiger partial charge on any atom is -0.462 e. The fourth-order valence-corrected chi connectivity index (χ4v) is 7.54. The lowest BCUT2D eigenvalue weighted by atomic mass is 10.1. The smallest absolute Gasteiger partial charge is 0.306 e. The highest BCUT2D eigenvalue weighted by Gasteiger charge is 2.19. The Balaban J connectivity index is 4.45. The average molecular weight is 907 g/mol. The summed E-state index contributed by atoms with van der Waals surface area (Å²) in [5, 5.41) is 0. The van der Waals surface area contributed by atoms with Crippen molar-refractivity contribution < 1.29 is 28.6 Å². The summed E-state index contributed by atoms with van der Waals surface area (Å²) in [4.78, 5) is 38.1. The summed E-state index contributed by atoms with van der Waals surface area (Å²) in [5.74, 6) is -0.922. The summed E-state index contributed by atoms with van der Waals surface area (Å²) in [5.41, 5.74) is 0. The highest BCUT2D eigenvalue weighted by Crippen LogP contribution is 2.14. The number of esters is 3. The van der Waals surface area contributed by atoms with Crippen LogP contribution in [0.25, 0.3) is 0 Å². The van der Waals surface area contributed by atoms with Crippen LogP contribution in [-0.4, -0.2) is 37.2 Å². The molecular weight excluding hydrogens is 805 g/mol. The number of rotatable bonds is 49. The van der Waals surface area contributed by atoms with Gasteiger partial charge in [0.25, 0.3) is 0 Å². The number of ether oxygens (including phenoxy) is 3. The third-order valence-electron chi connectivity index (χ3n) is 11.7. The highest BCUT2D eigenvalue weighted by molar-refractivity contribution is 5.71. The molecular formula is C59H102O6. The third-order valence-corrected chi connectivity index (χ3v) is 11.7. The SMILES string of the molecule is CC/C=C\C/C=C\C/C=C\C/C=C\CCCCCCC(=O)O[C@H](COC(=O)CCCCCCC/C=C\CCCCCCCC)COC(=O)CCCCCCCCC/C=C\CCCCCC. The second-order valence-corrected chi connectivity index (χ2v) is 18.1. The van der Waals surface area contributed by atoms with Gasteiger partial charge in [0.2, 0.25) is 0 Å². The van der Waals surface area contributed by atoms with Gasteiger partial charge in [0, 0.05) is 19.3 Å². The van der Waals surface area contributed by atoms with E-state index < -0.39 is 6.10 Å². The second-order valence-electron chi connectivity index (χ2n) is 18.1. The zero-order valence-electron chi connectivity index (χ0n) is 42.7. The summed E-state index contributed by atoms with van der Waals surface area (Å²) in [6.07, 6.45) is 67.4. The van der Waals surface area contributed by atoms with E-state index in [9.17, 15) is 14.4 Å². The lowest BCUT2D eigenvalue weighted by molar-refractivity contribution is -0.167. The van der Waals surface area contributed by atoms with Gasteiger partial charge in [0.15, 0.2) is 6.10 Å². The van der Waals surface area contributed by atoms with E-state index >= 15 is 0 Å². The van der Waals surface area contributed by atoms with Crippen molar-refractivity contribution in [3.8, 4) is 0 Å². The number of hydrogen-bond acceptors (Lipinski definition) is 6. The lowest BCUT2D eigenvalue weighted by Crippen LogP contribution is -2.30. The molecule has 0 aromatic heterocycles. The fraction of sp³-hybridized carbons (Fsp3) is 0.746. The van der Waals surface area contributed by atoms with Gasteiger partial charge in [-0.3, -0.25) is 14.4 Å². The predicted molar refractivity (Wildman–Crippen MR) is 279 cm³/mol. The highest BCUT2D eigenvalue weighted by atomic mass is 16.6. The lowest BCUT2D eigenvalue weighted by Gasteiger charge is -2.18. The van der Waals surface area contributed by atoms with Crippen LogP contribution >= 0.6 is 0 Å². The molecule has 6 nitrogen and oxygen atoms in total. The van der Waals surface area contributed by atoms with Crippen LogP contribution < -0.4 is 0 Å². The zero-order valence-corrected chi connectivity index (χ0v) is 42.7. The van der Waals surface area contributed by atoms with E-state index in [0.29, 0.717) is 19.3 Å². The van der Waals surface area contributed by atoms with Crippen LogP contribution in [0.15, 0.2) is 72.9 Å².